The Morgan fingerprint density at radius 1 is 1.30 bits per heavy atom. The normalized spacial score (nSPS) is 9.90. The minimum absolute atomic E-state index is 0.0828. The smallest absolute Gasteiger partial charge is 0.262 e. The second-order valence-corrected chi connectivity index (χ2v) is 4.70. The number of aromatic nitrogens is 1. The van der Waals surface area contributed by atoms with Crippen molar-refractivity contribution in [3.8, 4) is 11.5 Å². The zero-order chi connectivity index (χ0) is 14.4. The molecule has 2 rings (SSSR count). The van der Waals surface area contributed by atoms with Gasteiger partial charge in [0.15, 0.2) is 6.61 Å². The van der Waals surface area contributed by atoms with E-state index in [0.717, 1.165) is 0 Å². The van der Waals surface area contributed by atoms with Crippen LogP contribution >= 0.6 is 15.9 Å². The highest BCUT2D eigenvalue weighted by Crippen LogP contribution is 2.17. The van der Waals surface area contributed by atoms with Gasteiger partial charge in [-0.1, -0.05) is 6.07 Å². The van der Waals surface area contributed by atoms with Crippen LogP contribution in [0.4, 0.5) is 5.69 Å². The molecule has 0 aliphatic carbocycles. The number of hydrogen-bond acceptors (Lipinski definition) is 4. The molecule has 0 fully saturated rings. The summed E-state index contributed by atoms with van der Waals surface area (Å²) >= 11 is 3.23. The lowest BCUT2D eigenvalue weighted by Crippen LogP contribution is -2.20. The van der Waals surface area contributed by atoms with Crippen LogP contribution in [-0.2, 0) is 4.79 Å². The monoisotopic (exact) mass is 336 g/mol. The molecule has 0 aliphatic heterocycles. The first-order chi connectivity index (χ1) is 9.67. The third-order valence-electron chi connectivity index (χ3n) is 2.42. The number of amides is 1. The highest BCUT2D eigenvalue weighted by molar-refractivity contribution is 9.10. The summed E-state index contributed by atoms with van der Waals surface area (Å²) in [4.78, 5) is 15.8. The van der Waals surface area contributed by atoms with Gasteiger partial charge in [0.25, 0.3) is 5.91 Å². The Balaban J connectivity index is 1.87. The molecule has 0 radical (unpaired) electrons. The standard InChI is InChI=1S/C14H13BrN2O3/c1-19-11-4-2-3-10(7-11)17-14(18)9-20-12-5-6-13(15)16-8-12/h2-8H,9H2,1H3,(H,17,18). The maximum absolute atomic E-state index is 11.7. The number of methoxy groups -OCH3 is 1. The van der Waals surface area contributed by atoms with Crippen molar-refractivity contribution >= 4 is 27.5 Å². The van der Waals surface area contributed by atoms with Gasteiger partial charge >= 0.3 is 0 Å². The number of nitrogens with one attached hydrogen (secondary N) is 1. The number of pyridine rings is 1. The predicted octanol–water partition coefficient (Wildman–Crippen LogP) is 2.87. The molecule has 1 N–H and O–H groups in total. The molecule has 5 nitrogen and oxygen atoms in total. The minimum Gasteiger partial charge on any atom is -0.497 e. The molecule has 104 valence electrons. The van der Waals surface area contributed by atoms with E-state index in [9.17, 15) is 4.79 Å². The molecule has 1 aromatic carbocycles. The fourth-order valence-electron chi connectivity index (χ4n) is 1.49. The van der Waals surface area contributed by atoms with E-state index >= 15 is 0 Å². The number of carbonyl (C=O) groups excluding carboxylic acids is 1. The number of benzene rings is 1. The number of rotatable bonds is 5. The number of carbonyl (C=O) groups is 1. The van der Waals surface area contributed by atoms with Gasteiger partial charge < -0.3 is 14.8 Å². The van der Waals surface area contributed by atoms with Gasteiger partial charge in [-0.15, -0.1) is 0 Å². The van der Waals surface area contributed by atoms with Gasteiger partial charge in [-0.3, -0.25) is 4.79 Å². The number of anilines is 1. The average Bonchev–Trinajstić information content (AvgIpc) is 2.47. The molecular formula is C14H13BrN2O3. The van der Waals surface area contributed by atoms with E-state index in [2.05, 4.69) is 26.2 Å². The minimum atomic E-state index is -0.249. The zero-order valence-electron chi connectivity index (χ0n) is 10.8. The topological polar surface area (TPSA) is 60.5 Å². The number of hydrogen-bond donors (Lipinski definition) is 1. The lowest BCUT2D eigenvalue weighted by molar-refractivity contribution is -0.118. The first kappa shape index (κ1) is 14.3. The lowest BCUT2D eigenvalue weighted by Gasteiger charge is -2.08. The van der Waals surface area contributed by atoms with Crippen LogP contribution in [0, 0.1) is 0 Å². The van der Waals surface area contributed by atoms with E-state index in [1.807, 2.05) is 0 Å². The molecular weight excluding hydrogens is 324 g/mol. The maximum Gasteiger partial charge on any atom is 0.262 e. The summed E-state index contributed by atoms with van der Waals surface area (Å²) in [5.41, 5.74) is 0.659. The Labute approximate surface area is 125 Å². The van der Waals surface area contributed by atoms with E-state index < -0.39 is 0 Å². The second kappa shape index (κ2) is 6.91. The van der Waals surface area contributed by atoms with Crippen molar-refractivity contribution < 1.29 is 14.3 Å². The van der Waals surface area contributed by atoms with Gasteiger partial charge in [0.1, 0.15) is 16.1 Å². The summed E-state index contributed by atoms with van der Waals surface area (Å²) in [5.74, 6) is 0.969. The molecule has 0 spiro atoms. The molecule has 0 aliphatic rings. The van der Waals surface area contributed by atoms with Crippen molar-refractivity contribution in [2.24, 2.45) is 0 Å². The Morgan fingerprint density at radius 3 is 2.85 bits per heavy atom. The van der Waals surface area contributed by atoms with E-state index in [0.29, 0.717) is 21.8 Å². The average molecular weight is 337 g/mol. The molecule has 1 heterocycles. The van der Waals surface area contributed by atoms with E-state index in [1.54, 1.807) is 49.7 Å². The quantitative estimate of drug-likeness (QED) is 0.853. The summed E-state index contributed by atoms with van der Waals surface area (Å²) in [7, 11) is 1.57. The van der Waals surface area contributed by atoms with Crippen LogP contribution < -0.4 is 14.8 Å². The van der Waals surface area contributed by atoms with Crippen LogP contribution in [0.2, 0.25) is 0 Å². The van der Waals surface area contributed by atoms with Crippen molar-refractivity contribution in [3.05, 3.63) is 47.2 Å². The summed E-state index contributed by atoms with van der Waals surface area (Å²) in [6.07, 6.45) is 1.54. The molecule has 0 unspecified atom stereocenters. The van der Waals surface area contributed by atoms with Gasteiger partial charge in [-0.25, -0.2) is 4.98 Å². The molecule has 0 saturated carbocycles. The predicted molar refractivity (Wildman–Crippen MR) is 79.1 cm³/mol. The first-order valence-corrected chi connectivity index (χ1v) is 6.65. The van der Waals surface area contributed by atoms with Crippen molar-refractivity contribution in [2.75, 3.05) is 19.0 Å². The van der Waals surface area contributed by atoms with Crippen LogP contribution in [-0.4, -0.2) is 24.6 Å². The first-order valence-electron chi connectivity index (χ1n) is 5.85. The molecule has 0 atom stereocenters. The largest absolute Gasteiger partial charge is 0.497 e. The number of nitrogens with zero attached hydrogens (tertiary/aromatic N) is 1. The van der Waals surface area contributed by atoms with Crippen molar-refractivity contribution in [1.29, 1.82) is 0 Å². The van der Waals surface area contributed by atoms with Crippen LogP contribution in [0.15, 0.2) is 47.2 Å². The fraction of sp³-hybridized carbons (Fsp3) is 0.143. The maximum atomic E-state index is 11.7. The molecule has 2 aromatic rings. The number of halogens is 1. The van der Waals surface area contributed by atoms with E-state index in [-0.39, 0.29) is 12.5 Å². The fourth-order valence-corrected chi connectivity index (χ4v) is 1.73. The van der Waals surface area contributed by atoms with E-state index in [1.165, 1.54) is 0 Å². The molecule has 0 bridgehead atoms. The van der Waals surface area contributed by atoms with Crippen LogP contribution in [0.1, 0.15) is 0 Å². The summed E-state index contributed by atoms with van der Waals surface area (Å²) in [6, 6.07) is 10.6. The highest BCUT2D eigenvalue weighted by Gasteiger charge is 2.04. The van der Waals surface area contributed by atoms with Gasteiger partial charge in [0.2, 0.25) is 0 Å². The van der Waals surface area contributed by atoms with Crippen LogP contribution in [0.25, 0.3) is 0 Å². The molecule has 0 saturated heterocycles. The highest BCUT2D eigenvalue weighted by atomic mass is 79.9. The second-order valence-electron chi connectivity index (χ2n) is 3.89. The Bertz CT molecular complexity index is 587. The summed E-state index contributed by atoms with van der Waals surface area (Å²) < 4.78 is 11.1. The van der Waals surface area contributed by atoms with Crippen molar-refractivity contribution in [3.63, 3.8) is 0 Å². The molecule has 6 heteroatoms. The third-order valence-corrected chi connectivity index (χ3v) is 2.89. The summed E-state index contributed by atoms with van der Waals surface area (Å²) in [5, 5.41) is 2.72. The van der Waals surface area contributed by atoms with Crippen LogP contribution in [0.5, 0.6) is 11.5 Å². The number of ether oxygens (including phenoxy) is 2. The molecule has 1 aromatic heterocycles. The van der Waals surface area contributed by atoms with Crippen molar-refractivity contribution in [1.82, 2.24) is 4.98 Å². The lowest BCUT2D eigenvalue weighted by atomic mass is 10.3. The van der Waals surface area contributed by atoms with Gasteiger partial charge in [0, 0.05) is 11.8 Å². The Kier molecular flexibility index (Phi) is 4.95. The zero-order valence-corrected chi connectivity index (χ0v) is 12.4. The van der Waals surface area contributed by atoms with E-state index in [4.69, 9.17) is 9.47 Å². The van der Waals surface area contributed by atoms with Gasteiger partial charge in [0.05, 0.1) is 13.3 Å². The van der Waals surface area contributed by atoms with Gasteiger partial charge in [-0.05, 0) is 40.2 Å². The van der Waals surface area contributed by atoms with Crippen LogP contribution in [0.3, 0.4) is 0 Å². The third kappa shape index (κ3) is 4.24. The Morgan fingerprint density at radius 2 is 2.15 bits per heavy atom. The Hall–Kier alpha value is -2.08. The summed E-state index contributed by atoms with van der Waals surface area (Å²) in [6.45, 7) is -0.0828. The SMILES string of the molecule is COc1cccc(NC(=O)COc2ccc(Br)nc2)c1. The van der Waals surface area contributed by atoms with Gasteiger partial charge in [-0.2, -0.15) is 0 Å². The molecule has 20 heavy (non-hydrogen) atoms. The van der Waals surface area contributed by atoms with Crippen molar-refractivity contribution in [2.45, 2.75) is 0 Å². The molecule has 1 amide bonds.